The molecule has 20 heavy (non-hydrogen) atoms. The maximum atomic E-state index is 9.23. The van der Waals surface area contributed by atoms with Crippen LogP contribution in [0.15, 0.2) is 9.55 Å². The molecule has 1 fully saturated rings. The molecular weight excluding hydrogens is 274 g/mol. The van der Waals surface area contributed by atoms with E-state index in [1.807, 2.05) is 13.8 Å². The smallest absolute Gasteiger partial charge is 0.229 e. The van der Waals surface area contributed by atoms with Crippen LogP contribution in [0.1, 0.15) is 47.3 Å². The van der Waals surface area contributed by atoms with Gasteiger partial charge in [0.05, 0.1) is 17.0 Å². The van der Waals surface area contributed by atoms with Gasteiger partial charge in [0.15, 0.2) is 5.82 Å². The molecule has 1 saturated carbocycles. The Kier molecular flexibility index (Phi) is 3.40. The van der Waals surface area contributed by atoms with Gasteiger partial charge >= 0.3 is 0 Å². The van der Waals surface area contributed by atoms with E-state index in [1.54, 1.807) is 0 Å². The number of hydrogen-bond acceptors (Lipinski definition) is 7. The molecule has 2 aromatic rings. The maximum Gasteiger partial charge on any atom is 0.229 e. The summed E-state index contributed by atoms with van der Waals surface area (Å²) in [6, 6.07) is 2.19. The summed E-state index contributed by atoms with van der Waals surface area (Å²) in [5.41, 5.74) is 2.23. The summed E-state index contributed by atoms with van der Waals surface area (Å²) in [5, 5.41) is 21.9. The SMILES string of the molecule is Cc1nnc(SCc2noc(C3CC3)n2)c(C#N)c1C. The van der Waals surface area contributed by atoms with Crippen molar-refractivity contribution < 1.29 is 4.52 Å². The first kappa shape index (κ1) is 13.1. The Morgan fingerprint density at radius 1 is 1.35 bits per heavy atom. The van der Waals surface area contributed by atoms with Crippen LogP contribution in [0.2, 0.25) is 0 Å². The van der Waals surface area contributed by atoms with Crippen molar-refractivity contribution in [3.63, 3.8) is 0 Å². The minimum absolute atomic E-state index is 0.456. The van der Waals surface area contributed by atoms with Crippen LogP contribution in [0.25, 0.3) is 0 Å². The number of aryl methyl sites for hydroxylation is 1. The molecule has 0 unspecified atom stereocenters. The van der Waals surface area contributed by atoms with E-state index in [4.69, 9.17) is 4.52 Å². The Morgan fingerprint density at radius 3 is 2.85 bits per heavy atom. The molecule has 2 aromatic heterocycles. The van der Waals surface area contributed by atoms with E-state index in [0.29, 0.717) is 28.1 Å². The van der Waals surface area contributed by atoms with Crippen molar-refractivity contribution in [3.05, 3.63) is 28.5 Å². The molecule has 7 heteroatoms. The van der Waals surface area contributed by atoms with Gasteiger partial charge in [0.25, 0.3) is 0 Å². The Labute approximate surface area is 120 Å². The van der Waals surface area contributed by atoms with Crippen molar-refractivity contribution >= 4 is 11.8 Å². The van der Waals surface area contributed by atoms with E-state index >= 15 is 0 Å². The molecule has 1 aliphatic rings. The monoisotopic (exact) mass is 287 g/mol. The Balaban J connectivity index is 1.74. The van der Waals surface area contributed by atoms with Gasteiger partial charge in [0.1, 0.15) is 11.1 Å². The minimum Gasteiger partial charge on any atom is -0.339 e. The number of hydrogen-bond donors (Lipinski definition) is 0. The molecule has 2 heterocycles. The number of thioether (sulfide) groups is 1. The van der Waals surface area contributed by atoms with Crippen molar-refractivity contribution in [1.82, 2.24) is 20.3 Å². The lowest BCUT2D eigenvalue weighted by molar-refractivity contribution is 0.375. The van der Waals surface area contributed by atoms with E-state index in [-0.39, 0.29) is 0 Å². The van der Waals surface area contributed by atoms with E-state index in [2.05, 4.69) is 26.4 Å². The fraction of sp³-hybridized carbons (Fsp3) is 0.462. The first-order chi connectivity index (χ1) is 9.69. The molecule has 6 nitrogen and oxygen atoms in total. The third kappa shape index (κ3) is 2.51. The first-order valence-electron chi connectivity index (χ1n) is 6.38. The molecule has 1 aliphatic carbocycles. The van der Waals surface area contributed by atoms with Gasteiger partial charge < -0.3 is 4.52 Å². The highest BCUT2D eigenvalue weighted by atomic mass is 32.2. The van der Waals surface area contributed by atoms with Crippen LogP contribution in [0.5, 0.6) is 0 Å². The Morgan fingerprint density at radius 2 is 2.15 bits per heavy atom. The number of nitriles is 1. The largest absolute Gasteiger partial charge is 0.339 e. The van der Waals surface area contributed by atoms with Crippen molar-refractivity contribution in [2.24, 2.45) is 0 Å². The van der Waals surface area contributed by atoms with Gasteiger partial charge in [0, 0.05) is 5.92 Å². The minimum atomic E-state index is 0.456. The zero-order valence-corrected chi connectivity index (χ0v) is 12.1. The molecule has 0 atom stereocenters. The van der Waals surface area contributed by atoms with E-state index in [1.165, 1.54) is 11.8 Å². The summed E-state index contributed by atoms with van der Waals surface area (Å²) >= 11 is 1.41. The van der Waals surface area contributed by atoms with Crippen LogP contribution >= 0.6 is 11.8 Å². The highest BCUT2D eigenvalue weighted by Crippen LogP contribution is 2.39. The standard InChI is InChI=1S/C13H13N5OS/c1-7-8(2)16-17-13(10(7)5-14)20-6-11-15-12(19-18-11)9-3-4-9/h9H,3-4,6H2,1-2H3. The highest BCUT2D eigenvalue weighted by molar-refractivity contribution is 7.98. The number of aromatic nitrogens is 4. The highest BCUT2D eigenvalue weighted by Gasteiger charge is 2.29. The molecule has 0 amide bonds. The second-order valence-electron chi connectivity index (χ2n) is 4.81. The van der Waals surface area contributed by atoms with Gasteiger partial charge in [-0.3, -0.25) is 0 Å². The summed E-state index contributed by atoms with van der Waals surface area (Å²) in [4.78, 5) is 4.35. The van der Waals surface area contributed by atoms with Gasteiger partial charge in [-0.05, 0) is 32.3 Å². The van der Waals surface area contributed by atoms with Crippen LogP contribution in [-0.4, -0.2) is 20.3 Å². The summed E-state index contributed by atoms with van der Waals surface area (Å²) in [5.74, 6) is 2.35. The lowest BCUT2D eigenvalue weighted by Gasteiger charge is -2.04. The molecule has 0 aliphatic heterocycles. The van der Waals surface area contributed by atoms with Gasteiger partial charge in [-0.25, -0.2) is 0 Å². The summed E-state index contributed by atoms with van der Waals surface area (Å²) < 4.78 is 5.20. The molecule has 0 saturated heterocycles. The summed E-state index contributed by atoms with van der Waals surface area (Å²) in [7, 11) is 0. The van der Waals surface area contributed by atoms with Gasteiger partial charge in [-0.15, -0.1) is 5.10 Å². The molecule has 0 radical (unpaired) electrons. The summed E-state index contributed by atoms with van der Waals surface area (Å²) in [6.45, 7) is 3.73. The van der Waals surface area contributed by atoms with Crippen LogP contribution in [0, 0.1) is 25.2 Å². The fourth-order valence-corrected chi connectivity index (χ4v) is 2.60. The second kappa shape index (κ2) is 5.21. The van der Waals surface area contributed by atoms with Crippen LogP contribution in [0.3, 0.4) is 0 Å². The zero-order chi connectivity index (χ0) is 14.1. The third-order valence-corrected chi connectivity index (χ3v) is 4.24. The van der Waals surface area contributed by atoms with Gasteiger partial charge in [-0.2, -0.15) is 15.3 Å². The van der Waals surface area contributed by atoms with Crippen LogP contribution in [-0.2, 0) is 5.75 Å². The van der Waals surface area contributed by atoms with Crippen molar-refractivity contribution in [2.45, 2.75) is 43.4 Å². The third-order valence-electron chi connectivity index (χ3n) is 3.28. The van der Waals surface area contributed by atoms with Gasteiger partial charge in [-0.1, -0.05) is 16.9 Å². The first-order valence-corrected chi connectivity index (χ1v) is 7.37. The average Bonchev–Trinajstić information content (AvgIpc) is 3.19. The fourth-order valence-electron chi connectivity index (χ4n) is 1.77. The normalized spacial score (nSPS) is 14.2. The number of rotatable bonds is 4. The average molecular weight is 287 g/mol. The van der Waals surface area contributed by atoms with Crippen LogP contribution < -0.4 is 0 Å². The van der Waals surface area contributed by atoms with E-state index in [0.717, 1.165) is 30.0 Å². The Bertz CT molecular complexity index is 687. The molecule has 0 N–H and O–H groups in total. The van der Waals surface area contributed by atoms with Crippen molar-refractivity contribution in [3.8, 4) is 6.07 Å². The predicted molar refractivity (Wildman–Crippen MR) is 72.1 cm³/mol. The molecule has 0 spiro atoms. The molecule has 0 aromatic carbocycles. The molecule has 3 rings (SSSR count). The molecule has 102 valence electrons. The predicted octanol–water partition coefficient (Wildman–Crippen LogP) is 2.52. The zero-order valence-electron chi connectivity index (χ0n) is 11.3. The topological polar surface area (TPSA) is 88.5 Å². The number of nitrogens with zero attached hydrogens (tertiary/aromatic N) is 5. The lowest BCUT2D eigenvalue weighted by atomic mass is 10.1. The van der Waals surface area contributed by atoms with E-state index in [9.17, 15) is 5.26 Å². The van der Waals surface area contributed by atoms with E-state index < -0.39 is 0 Å². The quantitative estimate of drug-likeness (QED) is 0.798. The lowest BCUT2D eigenvalue weighted by Crippen LogP contribution is -1.99. The maximum absolute atomic E-state index is 9.23. The second-order valence-corrected chi connectivity index (χ2v) is 5.78. The molecule has 0 bridgehead atoms. The van der Waals surface area contributed by atoms with Crippen molar-refractivity contribution in [2.75, 3.05) is 0 Å². The molecular formula is C13H13N5OS. The van der Waals surface area contributed by atoms with Gasteiger partial charge in [0.2, 0.25) is 5.89 Å². The summed E-state index contributed by atoms with van der Waals surface area (Å²) in [6.07, 6.45) is 2.27. The Hall–Kier alpha value is -1.94. The van der Waals surface area contributed by atoms with Crippen LogP contribution in [0.4, 0.5) is 0 Å². The van der Waals surface area contributed by atoms with Crippen molar-refractivity contribution in [1.29, 1.82) is 5.26 Å².